The third-order valence-corrected chi connectivity index (χ3v) is 3.86. The SMILES string of the molecule is CCc1nc(CNC(=NC)NCC2CC2)cs1.I. The lowest BCUT2D eigenvalue weighted by Crippen LogP contribution is -2.37. The fourth-order valence-electron chi connectivity index (χ4n) is 1.55. The van der Waals surface area contributed by atoms with Crippen molar-refractivity contribution in [3.8, 4) is 0 Å². The molecule has 1 aromatic heterocycles. The Balaban J connectivity index is 0.00000162. The third-order valence-electron chi connectivity index (χ3n) is 2.82. The molecule has 102 valence electrons. The lowest BCUT2D eigenvalue weighted by atomic mass is 10.4. The number of halogens is 1. The number of nitrogens with zero attached hydrogens (tertiary/aromatic N) is 2. The minimum atomic E-state index is 0. The summed E-state index contributed by atoms with van der Waals surface area (Å²) in [4.78, 5) is 8.72. The van der Waals surface area contributed by atoms with Crippen LogP contribution in [0.15, 0.2) is 10.4 Å². The molecule has 0 unspecified atom stereocenters. The highest BCUT2D eigenvalue weighted by Crippen LogP contribution is 2.27. The van der Waals surface area contributed by atoms with Crippen LogP contribution in [0.1, 0.15) is 30.5 Å². The van der Waals surface area contributed by atoms with Crippen LogP contribution in [0.4, 0.5) is 0 Å². The number of thiazole rings is 1. The summed E-state index contributed by atoms with van der Waals surface area (Å²) >= 11 is 1.73. The molecule has 0 atom stereocenters. The Bertz CT molecular complexity index is 387. The number of guanidine groups is 1. The number of aliphatic imine (C=N–C) groups is 1. The lowest BCUT2D eigenvalue weighted by Gasteiger charge is -2.10. The van der Waals surface area contributed by atoms with Crippen LogP contribution in [0.5, 0.6) is 0 Å². The topological polar surface area (TPSA) is 49.3 Å². The van der Waals surface area contributed by atoms with E-state index in [0.29, 0.717) is 0 Å². The van der Waals surface area contributed by atoms with Crippen molar-refractivity contribution in [3.63, 3.8) is 0 Å². The first-order valence-corrected chi connectivity index (χ1v) is 7.07. The van der Waals surface area contributed by atoms with Gasteiger partial charge >= 0.3 is 0 Å². The monoisotopic (exact) mass is 380 g/mol. The molecular weight excluding hydrogens is 359 g/mol. The van der Waals surface area contributed by atoms with Gasteiger partial charge in [-0.15, -0.1) is 35.3 Å². The van der Waals surface area contributed by atoms with Crippen molar-refractivity contribution in [1.29, 1.82) is 0 Å². The summed E-state index contributed by atoms with van der Waals surface area (Å²) in [6, 6.07) is 0. The smallest absolute Gasteiger partial charge is 0.191 e. The molecule has 0 bridgehead atoms. The van der Waals surface area contributed by atoms with Crippen molar-refractivity contribution in [1.82, 2.24) is 15.6 Å². The highest BCUT2D eigenvalue weighted by atomic mass is 127. The van der Waals surface area contributed by atoms with E-state index in [1.807, 2.05) is 0 Å². The van der Waals surface area contributed by atoms with Crippen LogP contribution in [0.25, 0.3) is 0 Å². The molecule has 6 heteroatoms. The lowest BCUT2D eigenvalue weighted by molar-refractivity contribution is 0.733. The van der Waals surface area contributed by atoms with E-state index in [9.17, 15) is 0 Å². The minimum Gasteiger partial charge on any atom is -0.356 e. The quantitative estimate of drug-likeness (QED) is 0.469. The van der Waals surface area contributed by atoms with Gasteiger partial charge in [-0.1, -0.05) is 6.92 Å². The standard InChI is InChI=1S/C12H20N4S.HI/c1-3-11-16-10(8-17-11)7-15-12(13-2)14-6-9-4-5-9;/h8-9H,3-7H2,1-2H3,(H2,13,14,15);1H. The minimum absolute atomic E-state index is 0. The van der Waals surface area contributed by atoms with Crippen molar-refractivity contribution < 1.29 is 0 Å². The first-order valence-electron chi connectivity index (χ1n) is 6.19. The maximum Gasteiger partial charge on any atom is 0.191 e. The van der Waals surface area contributed by atoms with Crippen molar-refractivity contribution in [2.75, 3.05) is 13.6 Å². The molecule has 0 spiro atoms. The van der Waals surface area contributed by atoms with Crippen LogP contribution >= 0.6 is 35.3 Å². The summed E-state index contributed by atoms with van der Waals surface area (Å²) < 4.78 is 0. The maximum atomic E-state index is 4.52. The first-order chi connectivity index (χ1) is 8.31. The molecule has 18 heavy (non-hydrogen) atoms. The molecule has 2 rings (SSSR count). The number of nitrogens with one attached hydrogen (secondary N) is 2. The molecule has 1 aliphatic carbocycles. The zero-order valence-electron chi connectivity index (χ0n) is 10.9. The van der Waals surface area contributed by atoms with Gasteiger partial charge in [0.05, 0.1) is 17.2 Å². The van der Waals surface area contributed by atoms with E-state index in [0.717, 1.165) is 37.1 Å². The van der Waals surface area contributed by atoms with Crippen LogP contribution in [0, 0.1) is 5.92 Å². The molecule has 4 nitrogen and oxygen atoms in total. The molecule has 2 N–H and O–H groups in total. The Morgan fingerprint density at radius 1 is 1.50 bits per heavy atom. The second-order valence-corrected chi connectivity index (χ2v) is 5.28. The predicted octanol–water partition coefficient (Wildman–Crippen LogP) is 2.40. The van der Waals surface area contributed by atoms with Gasteiger partial charge in [-0.05, 0) is 25.2 Å². The van der Waals surface area contributed by atoms with E-state index < -0.39 is 0 Å². The Kier molecular flexibility index (Phi) is 6.91. The normalized spacial score (nSPS) is 15.1. The van der Waals surface area contributed by atoms with E-state index in [4.69, 9.17) is 0 Å². The highest BCUT2D eigenvalue weighted by molar-refractivity contribution is 14.0. The zero-order valence-corrected chi connectivity index (χ0v) is 14.0. The highest BCUT2D eigenvalue weighted by Gasteiger charge is 2.20. The van der Waals surface area contributed by atoms with Crippen molar-refractivity contribution in [2.24, 2.45) is 10.9 Å². The number of aromatic nitrogens is 1. The van der Waals surface area contributed by atoms with Gasteiger partial charge < -0.3 is 10.6 Å². The predicted molar refractivity (Wildman–Crippen MR) is 87.8 cm³/mol. The summed E-state index contributed by atoms with van der Waals surface area (Å²) in [6.45, 7) is 3.92. The summed E-state index contributed by atoms with van der Waals surface area (Å²) in [5, 5.41) is 9.93. The fraction of sp³-hybridized carbons (Fsp3) is 0.667. The molecule has 1 saturated carbocycles. The fourth-order valence-corrected chi connectivity index (χ4v) is 2.30. The number of hydrogen-bond acceptors (Lipinski definition) is 3. The Morgan fingerprint density at radius 3 is 2.83 bits per heavy atom. The Hall–Kier alpha value is -0.370. The van der Waals surface area contributed by atoms with Gasteiger partial charge in [0.2, 0.25) is 0 Å². The van der Waals surface area contributed by atoms with Gasteiger partial charge in [0.25, 0.3) is 0 Å². The number of hydrogen-bond donors (Lipinski definition) is 2. The van der Waals surface area contributed by atoms with Crippen LogP contribution in [-0.2, 0) is 13.0 Å². The molecule has 0 radical (unpaired) electrons. The van der Waals surface area contributed by atoms with E-state index in [1.165, 1.54) is 17.8 Å². The summed E-state index contributed by atoms with van der Waals surface area (Å²) in [7, 11) is 1.81. The molecular formula is C12H21IN4S. The van der Waals surface area contributed by atoms with Gasteiger partial charge in [-0.2, -0.15) is 0 Å². The van der Waals surface area contributed by atoms with E-state index in [2.05, 4.69) is 32.9 Å². The molecule has 1 fully saturated rings. The molecule has 0 saturated heterocycles. The molecule has 1 heterocycles. The second kappa shape index (κ2) is 7.93. The Labute approximate surface area is 130 Å². The molecule has 1 aliphatic rings. The van der Waals surface area contributed by atoms with Crippen LogP contribution in [-0.4, -0.2) is 24.5 Å². The maximum absolute atomic E-state index is 4.52. The Morgan fingerprint density at radius 2 is 2.28 bits per heavy atom. The average molecular weight is 380 g/mol. The van der Waals surface area contributed by atoms with Crippen LogP contribution in [0.2, 0.25) is 0 Å². The van der Waals surface area contributed by atoms with Gasteiger partial charge in [-0.3, -0.25) is 4.99 Å². The van der Waals surface area contributed by atoms with E-state index >= 15 is 0 Å². The zero-order chi connectivity index (χ0) is 12.1. The van der Waals surface area contributed by atoms with Crippen molar-refractivity contribution in [2.45, 2.75) is 32.7 Å². The molecule has 1 aromatic rings. The van der Waals surface area contributed by atoms with Crippen molar-refractivity contribution in [3.05, 3.63) is 16.1 Å². The van der Waals surface area contributed by atoms with E-state index in [1.54, 1.807) is 18.4 Å². The van der Waals surface area contributed by atoms with Crippen molar-refractivity contribution >= 4 is 41.3 Å². The average Bonchev–Trinajstić information content (AvgIpc) is 3.07. The first kappa shape index (κ1) is 15.7. The van der Waals surface area contributed by atoms with Gasteiger partial charge in [0, 0.05) is 19.0 Å². The summed E-state index contributed by atoms with van der Waals surface area (Å²) in [6.07, 6.45) is 3.73. The molecule has 0 aromatic carbocycles. The summed E-state index contributed by atoms with van der Waals surface area (Å²) in [5.41, 5.74) is 1.10. The largest absolute Gasteiger partial charge is 0.356 e. The second-order valence-electron chi connectivity index (χ2n) is 4.34. The van der Waals surface area contributed by atoms with Crippen LogP contribution in [0.3, 0.4) is 0 Å². The third kappa shape index (κ3) is 5.09. The molecule has 0 amide bonds. The van der Waals surface area contributed by atoms with Crippen LogP contribution < -0.4 is 10.6 Å². The molecule has 0 aliphatic heterocycles. The number of rotatable bonds is 5. The number of aryl methyl sites for hydroxylation is 1. The van der Waals surface area contributed by atoms with Gasteiger partial charge in [0.1, 0.15) is 0 Å². The summed E-state index contributed by atoms with van der Waals surface area (Å²) in [5.74, 6) is 1.74. The van der Waals surface area contributed by atoms with Gasteiger partial charge in [-0.25, -0.2) is 4.98 Å². The van der Waals surface area contributed by atoms with E-state index in [-0.39, 0.29) is 24.0 Å². The van der Waals surface area contributed by atoms with Gasteiger partial charge in [0.15, 0.2) is 5.96 Å².